The van der Waals surface area contributed by atoms with Gasteiger partial charge < -0.3 is 26.2 Å². The number of benzene rings is 2. The van der Waals surface area contributed by atoms with Crippen molar-refractivity contribution in [2.45, 2.75) is 31.8 Å². The van der Waals surface area contributed by atoms with E-state index in [1.54, 1.807) is 24.3 Å². The van der Waals surface area contributed by atoms with Crippen molar-refractivity contribution in [3.63, 3.8) is 0 Å². The molecule has 162 valence electrons. The number of hydrogen-bond donors (Lipinski definition) is 3. The number of aliphatic hydroxyl groups is 1. The van der Waals surface area contributed by atoms with E-state index in [2.05, 4.69) is 4.90 Å². The summed E-state index contributed by atoms with van der Waals surface area (Å²) in [4.78, 5) is 14.0. The first-order chi connectivity index (χ1) is 14.4. The first-order valence-electron chi connectivity index (χ1n) is 10.3. The fourth-order valence-electron chi connectivity index (χ4n) is 4.06. The highest BCUT2D eigenvalue weighted by Crippen LogP contribution is 2.30. The van der Waals surface area contributed by atoms with Gasteiger partial charge in [-0.15, -0.1) is 0 Å². The van der Waals surface area contributed by atoms with Crippen LogP contribution in [-0.2, 0) is 6.42 Å². The zero-order chi connectivity index (χ0) is 21.7. The number of carbonyl (C=O) groups is 1. The smallest absolute Gasteiger partial charge is 0.252 e. The van der Waals surface area contributed by atoms with Crippen LogP contribution in [0.15, 0.2) is 36.4 Å². The molecule has 0 bridgehead atoms. The van der Waals surface area contributed by atoms with E-state index in [0.29, 0.717) is 29.3 Å². The molecule has 3 rings (SSSR count). The summed E-state index contributed by atoms with van der Waals surface area (Å²) in [5.41, 5.74) is 14.3. The molecule has 6 nitrogen and oxygen atoms in total. The van der Waals surface area contributed by atoms with Crippen LogP contribution in [-0.4, -0.2) is 42.7 Å². The van der Waals surface area contributed by atoms with E-state index in [9.17, 15) is 14.3 Å². The Morgan fingerprint density at radius 2 is 1.93 bits per heavy atom. The largest absolute Gasteiger partial charge is 0.496 e. The average molecular weight is 416 g/mol. The van der Waals surface area contributed by atoms with Crippen molar-refractivity contribution in [1.82, 2.24) is 4.90 Å². The van der Waals surface area contributed by atoms with Crippen LogP contribution >= 0.6 is 0 Å². The van der Waals surface area contributed by atoms with Gasteiger partial charge in [-0.1, -0.05) is 12.1 Å². The Bertz CT molecular complexity index is 865. The van der Waals surface area contributed by atoms with Gasteiger partial charge in [0.2, 0.25) is 0 Å². The van der Waals surface area contributed by atoms with Crippen LogP contribution < -0.4 is 16.2 Å². The molecule has 1 heterocycles. The molecule has 0 radical (unpaired) electrons. The maximum absolute atomic E-state index is 13.0. The van der Waals surface area contributed by atoms with Gasteiger partial charge >= 0.3 is 0 Å². The fraction of sp³-hybridized carbons (Fsp3) is 0.435. The molecule has 0 aliphatic carbocycles. The zero-order valence-corrected chi connectivity index (χ0v) is 17.3. The number of ether oxygens (including phenoxy) is 1. The SMILES string of the molecule is COc1cc(N)c(CC2CCN(CCC(O)c3ccc(F)cc3)CC2)cc1C(N)=O. The molecule has 30 heavy (non-hydrogen) atoms. The summed E-state index contributed by atoms with van der Waals surface area (Å²) in [6.45, 7) is 2.68. The van der Waals surface area contributed by atoms with Crippen molar-refractivity contribution < 1.29 is 19.0 Å². The molecule has 0 saturated carbocycles. The third-order valence-electron chi connectivity index (χ3n) is 5.92. The molecule has 2 aromatic carbocycles. The zero-order valence-electron chi connectivity index (χ0n) is 17.3. The summed E-state index contributed by atoms with van der Waals surface area (Å²) in [6.07, 6.45) is 2.86. The molecular formula is C23H30FN3O3. The van der Waals surface area contributed by atoms with Gasteiger partial charge in [-0.05, 0) is 74.0 Å². The molecule has 1 aliphatic rings. The Kier molecular flexibility index (Phi) is 7.29. The Morgan fingerprint density at radius 3 is 2.53 bits per heavy atom. The maximum atomic E-state index is 13.0. The summed E-state index contributed by atoms with van der Waals surface area (Å²) in [7, 11) is 1.49. The summed E-state index contributed by atoms with van der Waals surface area (Å²) in [5, 5.41) is 10.3. The number of aliphatic hydroxyl groups excluding tert-OH is 1. The topological polar surface area (TPSA) is 102 Å². The number of hydrogen-bond acceptors (Lipinski definition) is 5. The van der Waals surface area contributed by atoms with Crippen molar-refractivity contribution in [1.29, 1.82) is 0 Å². The third kappa shape index (κ3) is 5.49. The van der Waals surface area contributed by atoms with Crippen molar-refractivity contribution in [2.75, 3.05) is 32.5 Å². The lowest BCUT2D eigenvalue weighted by atomic mass is 9.88. The van der Waals surface area contributed by atoms with Crippen LogP contribution in [0.3, 0.4) is 0 Å². The third-order valence-corrected chi connectivity index (χ3v) is 5.92. The number of likely N-dealkylation sites (tertiary alicyclic amines) is 1. The van der Waals surface area contributed by atoms with Crippen LogP contribution in [0.2, 0.25) is 0 Å². The van der Waals surface area contributed by atoms with Crippen LogP contribution in [0, 0.1) is 11.7 Å². The molecule has 1 unspecified atom stereocenters. The number of nitrogens with zero attached hydrogens (tertiary/aromatic N) is 1. The van der Waals surface area contributed by atoms with Crippen LogP contribution in [0.5, 0.6) is 5.75 Å². The van der Waals surface area contributed by atoms with Gasteiger partial charge in [0.1, 0.15) is 11.6 Å². The molecule has 1 amide bonds. The number of rotatable bonds is 8. The Balaban J connectivity index is 1.50. The number of piperidine rings is 1. The summed E-state index contributed by atoms with van der Waals surface area (Å²) >= 11 is 0. The number of anilines is 1. The van der Waals surface area contributed by atoms with E-state index in [4.69, 9.17) is 16.2 Å². The van der Waals surface area contributed by atoms with Crippen molar-refractivity contribution in [2.24, 2.45) is 11.7 Å². The summed E-state index contributed by atoms with van der Waals surface area (Å²) in [5.74, 6) is 0.0501. The van der Waals surface area contributed by atoms with Gasteiger partial charge in [-0.25, -0.2) is 4.39 Å². The minimum absolute atomic E-state index is 0.298. The van der Waals surface area contributed by atoms with Crippen LogP contribution in [0.25, 0.3) is 0 Å². The standard InChI is InChI=1S/C23H30FN3O3/c1-30-22-14-20(25)17(13-19(22)23(26)29)12-15-6-9-27(10-7-15)11-8-21(28)16-2-4-18(24)5-3-16/h2-5,13-15,21,28H,6-12,25H2,1H3,(H2,26,29). The minimum atomic E-state index is -0.588. The lowest BCUT2D eigenvalue weighted by Gasteiger charge is -2.32. The quantitative estimate of drug-likeness (QED) is 0.576. The van der Waals surface area contributed by atoms with Gasteiger partial charge in [0.05, 0.1) is 18.8 Å². The lowest BCUT2D eigenvalue weighted by molar-refractivity contribution is 0.0997. The molecule has 7 heteroatoms. The molecular weight excluding hydrogens is 385 g/mol. The van der Waals surface area contributed by atoms with Crippen molar-refractivity contribution >= 4 is 11.6 Å². The van der Waals surface area contributed by atoms with Crippen molar-refractivity contribution in [3.05, 3.63) is 58.9 Å². The lowest BCUT2D eigenvalue weighted by Crippen LogP contribution is -2.35. The molecule has 1 saturated heterocycles. The normalized spacial score (nSPS) is 16.4. The second-order valence-electron chi connectivity index (χ2n) is 7.96. The Morgan fingerprint density at radius 1 is 1.27 bits per heavy atom. The predicted molar refractivity (Wildman–Crippen MR) is 115 cm³/mol. The van der Waals surface area contributed by atoms with Crippen LogP contribution in [0.1, 0.15) is 46.9 Å². The second kappa shape index (κ2) is 9.91. The highest BCUT2D eigenvalue weighted by molar-refractivity contribution is 5.96. The molecule has 1 aliphatic heterocycles. The number of amides is 1. The van der Waals surface area contributed by atoms with Crippen LogP contribution in [0.4, 0.5) is 10.1 Å². The van der Waals surface area contributed by atoms with E-state index in [1.165, 1.54) is 19.2 Å². The van der Waals surface area contributed by atoms with Gasteiger partial charge in [0.15, 0.2) is 0 Å². The van der Waals surface area contributed by atoms with E-state index >= 15 is 0 Å². The van der Waals surface area contributed by atoms with E-state index in [1.807, 2.05) is 0 Å². The summed E-state index contributed by atoms with van der Waals surface area (Å²) < 4.78 is 18.2. The fourth-order valence-corrected chi connectivity index (χ4v) is 4.06. The molecule has 1 fully saturated rings. The minimum Gasteiger partial charge on any atom is -0.496 e. The predicted octanol–water partition coefficient (Wildman–Crippen LogP) is 2.89. The number of nitrogen functional groups attached to an aromatic ring is 1. The first-order valence-corrected chi connectivity index (χ1v) is 10.3. The van der Waals surface area contributed by atoms with E-state index < -0.39 is 12.0 Å². The van der Waals surface area contributed by atoms with E-state index in [0.717, 1.165) is 50.0 Å². The highest BCUT2D eigenvalue weighted by Gasteiger charge is 2.22. The second-order valence-corrected chi connectivity index (χ2v) is 7.96. The number of methoxy groups -OCH3 is 1. The average Bonchev–Trinajstić information content (AvgIpc) is 2.74. The Hall–Kier alpha value is -2.64. The maximum Gasteiger partial charge on any atom is 0.252 e. The number of halogens is 1. The molecule has 0 aromatic heterocycles. The van der Waals surface area contributed by atoms with Gasteiger partial charge in [-0.3, -0.25) is 4.79 Å². The molecule has 1 atom stereocenters. The van der Waals surface area contributed by atoms with Crippen molar-refractivity contribution in [3.8, 4) is 5.75 Å². The monoisotopic (exact) mass is 415 g/mol. The highest BCUT2D eigenvalue weighted by atomic mass is 19.1. The van der Waals surface area contributed by atoms with Gasteiger partial charge in [0, 0.05) is 18.3 Å². The number of nitrogens with two attached hydrogens (primary N) is 2. The summed E-state index contributed by atoms with van der Waals surface area (Å²) in [6, 6.07) is 9.43. The molecule has 2 aromatic rings. The van der Waals surface area contributed by atoms with Gasteiger partial charge in [0.25, 0.3) is 5.91 Å². The Labute approximate surface area is 176 Å². The first kappa shape index (κ1) is 22.1. The molecule has 0 spiro atoms. The van der Waals surface area contributed by atoms with E-state index in [-0.39, 0.29) is 5.82 Å². The van der Waals surface area contributed by atoms with Gasteiger partial charge in [-0.2, -0.15) is 0 Å². The number of carbonyl (C=O) groups excluding carboxylic acids is 1. The molecule has 5 N–H and O–H groups in total. The number of primary amides is 1.